The summed E-state index contributed by atoms with van der Waals surface area (Å²) in [6.07, 6.45) is 1.90. The molecule has 2 aromatic rings. The summed E-state index contributed by atoms with van der Waals surface area (Å²) in [7, 11) is 0.789. The van der Waals surface area contributed by atoms with Gasteiger partial charge in [0.15, 0.2) is 0 Å². The van der Waals surface area contributed by atoms with Crippen molar-refractivity contribution in [3.63, 3.8) is 0 Å². The van der Waals surface area contributed by atoms with E-state index in [4.69, 9.17) is 18.3 Å². The van der Waals surface area contributed by atoms with E-state index in [-0.39, 0.29) is 23.7 Å². The number of rotatable bonds is 11. The van der Waals surface area contributed by atoms with Crippen molar-refractivity contribution in [1.82, 2.24) is 9.78 Å². The molecule has 2 heterocycles. The summed E-state index contributed by atoms with van der Waals surface area (Å²) in [6, 6.07) is 4.03. The highest BCUT2D eigenvalue weighted by molar-refractivity contribution is 9.10. The Labute approximate surface area is 180 Å². The van der Waals surface area contributed by atoms with Crippen molar-refractivity contribution in [2.45, 2.75) is 52.8 Å². The number of hydrogen-bond donors (Lipinski definition) is 0. The van der Waals surface area contributed by atoms with Crippen LogP contribution in [0, 0.1) is 11.3 Å². The maximum Gasteiger partial charge on any atom is 0.229 e. The third-order valence-corrected chi connectivity index (χ3v) is 6.97. The van der Waals surface area contributed by atoms with E-state index in [2.05, 4.69) is 41.8 Å². The molecular weight excluding hydrogens is 456 g/mol. The number of hydrogen-bond acceptors (Lipinski definition) is 5. The van der Waals surface area contributed by atoms with Crippen LogP contribution in [0.4, 0.5) is 0 Å². The maximum atomic E-state index is 5.92. The maximum absolute atomic E-state index is 5.92. The fourth-order valence-corrected chi connectivity index (χ4v) is 4.89. The van der Waals surface area contributed by atoms with Gasteiger partial charge in [0.05, 0.1) is 22.8 Å². The normalized spacial score (nSPS) is 18.0. The SMILES string of the molecule is C[Si]OC(O[Si]C)C(C)(C)[C@H](C)Cn1ncc2ccc(OCC3CO3)c(Br)c21. The van der Waals surface area contributed by atoms with Crippen LogP contribution in [0.5, 0.6) is 5.75 Å². The van der Waals surface area contributed by atoms with Crippen LogP contribution in [0.15, 0.2) is 22.8 Å². The van der Waals surface area contributed by atoms with Crippen LogP contribution in [-0.4, -0.2) is 54.9 Å². The molecule has 9 heteroatoms. The second kappa shape index (κ2) is 9.40. The van der Waals surface area contributed by atoms with Crippen LogP contribution in [0.2, 0.25) is 13.1 Å². The number of benzene rings is 1. The minimum Gasteiger partial charge on any atom is -0.490 e. The molecule has 0 spiro atoms. The van der Waals surface area contributed by atoms with Crippen LogP contribution >= 0.6 is 15.9 Å². The highest BCUT2D eigenvalue weighted by Gasteiger charge is 2.36. The number of halogens is 1. The van der Waals surface area contributed by atoms with Crippen LogP contribution in [0.25, 0.3) is 10.9 Å². The van der Waals surface area contributed by atoms with Crippen LogP contribution < -0.4 is 4.74 Å². The number of ether oxygens (including phenoxy) is 2. The van der Waals surface area contributed by atoms with Gasteiger partial charge in [-0.25, -0.2) is 0 Å². The van der Waals surface area contributed by atoms with Crippen molar-refractivity contribution >= 4 is 46.4 Å². The molecule has 1 saturated heterocycles. The van der Waals surface area contributed by atoms with Gasteiger partial charge in [-0.1, -0.05) is 20.8 Å². The van der Waals surface area contributed by atoms with Gasteiger partial charge < -0.3 is 18.3 Å². The van der Waals surface area contributed by atoms with Crippen LogP contribution in [-0.2, 0) is 20.1 Å². The molecule has 1 aromatic heterocycles. The third kappa shape index (κ3) is 4.88. The summed E-state index contributed by atoms with van der Waals surface area (Å²) < 4.78 is 26.0. The molecule has 3 rings (SSSR count). The second-order valence-electron chi connectivity index (χ2n) is 7.61. The van der Waals surface area contributed by atoms with Gasteiger partial charge in [-0.2, -0.15) is 5.10 Å². The van der Waals surface area contributed by atoms with Crippen LogP contribution in [0.1, 0.15) is 20.8 Å². The van der Waals surface area contributed by atoms with Gasteiger partial charge in [0.25, 0.3) is 0 Å². The Kier molecular flexibility index (Phi) is 7.38. The largest absolute Gasteiger partial charge is 0.490 e. The molecule has 1 fully saturated rings. The van der Waals surface area contributed by atoms with E-state index >= 15 is 0 Å². The molecular formula is C19H27BrN2O4Si2. The van der Waals surface area contributed by atoms with Crippen molar-refractivity contribution in [3.05, 3.63) is 22.8 Å². The summed E-state index contributed by atoms with van der Waals surface area (Å²) >= 11 is 3.73. The lowest BCUT2D eigenvalue weighted by atomic mass is 9.79. The summed E-state index contributed by atoms with van der Waals surface area (Å²) in [6.45, 7) is 12.8. The summed E-state index contributed by atoms with van der Waals surface area (Å²) in [5.74, 6) is 1.10. The van der Waals surface area contributed by atoms with E-state index in [1.54, 1.807) is 0 Å². The smallest absolute Gasteiger partial charge is 0.229 e. The molecule has 28 heavy (non-hydrogen) atoms. The van der Waals surface area contributed by atoms with Gasteiger partial charge >= 0.3 is 0 Å². The Morgan fingerprint density at radius 3 is 2.61 bits per heavy atom. The lowest BCUT2D eigenvalue weighted by Gasteiger charge is -2.39. The molecule has 1 aliphatic rings. The Bertz CT molecular complexity index is 792. The van der Waals surface area contributed by atoms with Crippen molar-refractivity contribution in [2.75, 3.05) is 13.2 Å². The van der Waals surface area contributed by atoms with E-state index < -0.39 is 0 Å². The molecule has 6 nitrogen and oxygen atoms in total. The lowest BCUT2D eigenvalue weighted by molar-refractivity contribution is -0.104. The Morgan fingerprint density at radius 1 is 1.32 bits per heavy atom. The highest BCUT2D eigenvalue weighted by atomic mass is 79.9. The molecule has 2 atom stereocenters. The number of fused-ring (bicyclic) bond motifs is 1. The number of epoxide rings is 1. The minimum absolute atomic E-state index is 0.159. The highest BCUT2D eigenvalue weighted by Crippen LogP contribution is 2.37. The van der Waals surface area contributed by atoms with E-state index in [0.717, 1.165) is 34.3 Å². The van der Waals surface area contributed by atoms with Gasteiger partial charge in [-0.05, 0) is 47.1 Å². The van der Waals surface area contributed by atoms with E-state index in [0.29, 0.717) is 26.1 Å². The summed E-state index contributed by atoms with van der Waals surface area (Å²) in [5, 5.41) is 5.72. The Morgan fingerprint density at radius 2 is 2.00 bits per heavy atom. The molecule has 0 aliphatic carbocycles. The van der Waals surface area contributed by atoms with Gasteiger partial charge in [-0.3, -0.25) is 4.68 Å². The van der Waals surface area contributed by atoms with Crippen molar-refractivity contribution in [2.24, 2.45) is 11.3 Å². The minimum atomic E-state index is -0.225. The zero-order valence-corrected chi connectivity index (χ0v) is 20.6. The Hall–Kier alpha value is -0.716. The number of nitrogens with zero attached hydrogens (tertiary/aromatic N) is 2. The average molecular weight is 484 g/mol. The van der Waals surface area contributed by atoms with E-state index in [9.17, 15) is 0 Å². The zero-order chi connectivity index (χ0) is 20.3. The molecule has 0 N–H and O–H groups in total. The molecule has 1 aliphatic heterocycles. The average Bonchev–Trinajstić information content (AvgIpc) is 3.40. The first-order chi connectivity index (χ1) is 13.4. The van der Waals surface area contributed by atoms with Gasteiger partial charge in [0.2, 0.25) is 19.5 Å². The standard InChI is InChI=1S/C19H27BrN2O4Si2/c1-12(19(2,3)18(25-27-4)26-28-5)9-22-17-13(8-21-22)6-7-15(16(17)20)24-11-14-10-23-14/h6-8,12,14,18H,9-11H2,1-5H3/t12-,14?/m1/s1. The monoisotopic (exact) mass is 482 g/mol. The van der Waals surface area contributed by atoms with Crippen molar-refractivity contribution < 1.29 is 18.3 Å². The van der Waals surface area contributed by atoms with Crippen LogP contribution in [0.3, 0.4) is 0 Å². The molecule has 0 amide bonds. The molecule has 0 bridgehead atoms. The third-order valence-electron chi connectivity index (χ3n) is 5.31. The molecule has 1 unspecified atom stereocenters. The first-order valence-electron chi connectivity index (χ1n) is 9.41. The van der Waals surface area contributed by atoms with Crippen molar-refractivity contribution in [3.8, 4) is 5.75 Å². The first kappa shape index (κ1) is 22.0. The van der Waals surface area contributed by atoms with Crippen molar-refractivity contribution in [1.29, 1.82) is 0 Å². The second-order valence-corrected chi connectivity index (χ2v) is 9.69. The molecule has 4 radical (unpaired) electrons. The topological polar surface area (TPSA) is 58.0 Å². The van der Waals surface area contributed by atoms with Gasteiger partial charge in [0.1, 0.15) is 24.8 Å². The predicted molar refractivity (Wildman–Crippen MR) is 115 cm³/mol. The quantitative estimate of drug-likeness (QED) is 0.275. The summed E-state index contributed by atoms with van der Waals surface area (Å²) in [5.41, 5.74) is 0.888. The van der Waals surface area contributed by atoms with E-state index in [1.165, 1.54) is 0 Å². The zero-order valence-electron chi connectivity index (χ0n) is 17.0. The fraction of sp³-hybridized carbons (Fsp3) is 0.632. The summed E-state index contributed by atoms with van der Waals surface area (Å²) in [4.78, 5) is 0. The molecule has 1 aromatic carbocycles. The Balaban J connectivity index is 1.81. The molecule has 0 saturated carbocycles. The number of aromatic nitrogens is 2. The first-order valence-corrected chi connectivity index (χ1v) is 13.0. The molecule has 152 valence electrons. The predicted octanol–water partition coefficient (Wildman–Crippen LogP) is 3.93. The van der Waals surface area contributed by atoms with E-state index in [1.807, 2.05) is 36.1 Å². The van der Waals surface area contributed by atoms with Gasteiger partial charge in [0, 0.05) is 17.3 Å². The lowest BCUT2D eigenvalue weighted by Crippen LogP contribution is -2.42. The fourth-order valence-electron chi connectivity index (χ4n) is 2.98. The van der Waals surface area contributed by atoms with Gasteiger partial charge in [-0.15, -0.1) is 0 Å².